The van der Waals surface area contributed by atoms with Crippen LogP contribution in [0.4, 0.5) is 0 Å². The van der Waals surface area contributed by atoms with Crippen LogP contribution in [-0.2, 0) is 4.79 Å². The molecule has 0 aromatic rings. The monoisotopic (exact) mass is 153 g/mol. The zero-order valence-corrected chi connectivity index (χ0v) is 6.97. The normalized spacial score (nSPS) is 43.4. The molecule has 0 radical (unpaired) electrons. The largest absolute Gasteiger partial charge is 0.353 e. The lowest BCUT2D eigenvalue weighted by molar-refractivity contribution is -0.122. The lowest BCUT2D eigenvalue weighted by Crippen LogP contribution is -2.31. The fourth-order valence-electron chi connectivity index (χ4n) is 2.45. The van der Waals surface area contributed by atoms with E-state index in [4.69, 9.17) is 0 Å². The van der Waals surface area contributed by atoms with Gasteiger partial charge in [-0.2, -0.15) is 0 Å². The maximum absolute atomic E-state index is 11.2. The Hall–Kier alpha value is -0.530. The number of hydrogen-bond donors (Lipinski definition) is 1. The summed E-state index contributed by atoms with van der Waals surface area (Å²) in [6.07, 6.45) is 5.08. The highest BCUT2D eigenvalue weighted by Crippen LogP contribution is 2.34. The van der Waals surface area contributed by atoms with E-state index < -0.39 is 0 Å². The van der Waals surface area contributed by atoms with Gasteiger partial charge in [0.1, 0.15) is 0 Å². The molecule has 2 nitrogen and oxygen atoms in total. The van der Waals surface area contributed by atoms with E-state index >= 15 is 0 Å². The Morgan fingerprint density at radius 3 is 2.82 bits per heavy atom. The molecule has 1 heterocycles. The lowest BCUT2D eigenvalue weighted by Gasteiger charge is -2.25. The summed E-state index contributed by atoms with van der Waals surface area (Å²) < 4.78 is 0. The number of carbonyl (C=O) groups is 1. The summed E-state index contributed by atoms with van der Waals surface area (Å²) in [5.74, 6) is 1.21. The molecule has 1 amide bonds. The van der Waals surface area contributed by atoms with Gasteiger partial charge in [0, 0.05) is 12.0 Å². The molecule has 1 N–H and O–H groups in total. The van der Waals surface area contributed by atoms with E-state index in [9.17, 15) is 4.79 Å². The van der Waals surface area contributed by atoms with Crippen LogP contribution in [0, 0.1) is 11.8 Å². The van der Waals surface area contributed by atoms with Crippen LogP contribution in [0.15, 0.2) is 0 Å². The van der Waals surface area contributed by atoms with Crippen LogP contribution in [0.1, 0.15) is 32.6 Å². The van der Waals surface area contributed by atoms with Crippen molar-refractivity contribution >= 4 is 5.91 Å². The van der Waals surface area contributed by atoms with Crippen LogP contribution in [0.2, 0.25) is 0 Å². The highest BCUT2D eigenvalue weighted by molar-refractivity contribution is 5.81. The van der Waals surface area contributed by atoms with E-state index in [0.29, 0.717) is 12.0 Å². The molecule has 0 spiro atoms. The summed E-state index contributed by atoms with van der Waals surface area (Å²) in [6, 6.07) is 0.520. The molecule has 11 heavy (non-hydrogen) atoms. The van der Waals surface area contributed by atoms with Crippen molar-refractivity contribution in [2.24, 2.45) is 11.8 Å². The summed E-state index contributed by atoms with van der Waals surface area (Å²) in [4.78, 5) is 11.2. The smallest absolute Gasteiger partial charge is 0.223 e. The Kier molecular flexibility index (Phi) is 1.63. The van der Waals surface area contributed by atoms with E-state index in [-0.39, 0.29) is 11.8 Å². The third kappa shape index (κ3) is 1.05. The van der Waals surface area contributed by atoms with E-state index in [1.807, 2.05) is 0 Å². The minimum Gasteiger partial charge on any atom is -0.353 e. The van der Waals surface area contributed by atoms with Crippen molar-refractivity contribution in [3.63, 3.8) is 0 Å². The average molecular weight is 153 g/mol. The van der Waals surface area contributed by atoms with Crippen LogP contribution in [0.5, 0.6) is 0 Å². The molecule has 1 saturated carbocycles. The first-order valence-corrected chi connectivity index (χ1v) is 4.59. The molecule has 0 aromatic carbocycles. The number of amides is 1. The molecule has 1 unspecified atom stereocenters. The number of carbonyl (C=O) groups excluding carboxylic acids is 1. The minimum absolute atomic E-state index is 0.278. The van der Waals surface area contributed by atoms with Crippen molar-refractivity contribution in [3.05, 3.63) is 0 Å². The summed E-state index contributed by atoms with van der Waals surface area (Å²) in [6.45, 7) is 2.06. The third-order valence-electron chi connectivity index (χ3n) is 3.20. The summed E-state index contributed by atoms with van der Waals surface area (Å²) in [5, 5.41) is 3.07. The molecule has 1 aliphatic heterocycles. The second-order valence-electron chi connectivity index (χ2n) is 3.85. The predicted octanol–water partition coefficient (Wildman–Crippen LogP) is 1.31. The second-order valence-corrected chi connectivity index (χ2v) is 3.85. The van der Waals surface area contributed by atoms with Crippen LogP contribution in [0.3, 0.4) is 0 Å². The molecule has 2 heteroatoms. The Balaban J connectivity index is 2.11. The molecule has 2 aliphatic rings. The molecule has 1 aliphatic carbocycles. The molecule has 62 valence electrons. The zero-order chi connectivity index (χ0) is 7.84. The van der Waals surface area contributed by atoms with Crippen molar-refractivity contribution < 1.29 is 4.79 Å². The van der Waals surface area contributed by atoms with Crippen LogP contribution in [0.25, 0.3) is 0 Å². The first kappa shape index (κ1) is 7.14. The highest BCUT2D eigenvalue weighted by Gasteiger charge is 2.39. The lowest BCUT2D eigenvalue weighted by atomic mass is 9.81. The SMILES string of the molecule is C[C@@H]1C(=O)NC2CCCC[C@@H]21. The van der Waals surface area contributed by atoms with Gasteiger partial charge in [-0.05, 0) is 18.8 Å². The first-order valence-electron chi connectivity index (χ1n) is 4.59. The zero-order valence-electron chi connectivity index (χ0n) is 6.97. The van der Waals surface area contributed by atoms with Gasteiger partial charge in [-0.25, -0.2) is 0 Å². The number of fused-ring (bicyclic) bond motifs is 1. The average Bonchev–Trinajstić information content (AvgIpc) is 2.30. The van der Waals surface area contributed by atoms with Crippen LogP contribution < -0.4 is 5.32 Å². The number of rotatable bonds is 0. The van der Waals surface area contributed by atoms with Crippen LogP contribution >= 0.6 is 0 Å². The molecule has 1 saturated heterocycles. The fourth-order valence-corrected chi connectivity index (χ4v) is 2.45. The Labute approximate surface area is 67.4 Å². The highest BCUT2D eigenvalue weighted by atomic mass is 16.2. The topological polar surface area (TPSA) is 29.1 Å². The maximum atomic E-state index is 11.2. The quantitative estimate of drug-likeness (QED) is 0.558. The standard InChI is InChI=1S/C9H15NO/c1-6-7-4-2-3-5-8(7)10-9(6)11/h6-8H,2-5H2,1H3,(H,10,11)/t6-,7+,8?/m0/s1. The fraction of sp³-hybridized carbons (Fsp3) is 0.889. The number of hydrogen-bond acceptors (Lipinski definition) is 1. The Morgan fingerprint density at radius 2 is 2.09 bits per heavy atom. The minimum atomic E-state index is 0.278. The second kappa shape index (κ2) is 2.50. The van der Waals surface area contributed by atoms with Gasteiger partial charge in [0.25, 0.3) is 0 Å². The van der Waals surface area contributed by atoms with Crippen molar-refractivity contribution in [2.75, 3.05) is 0 Å². The van der Waals surface area contributed by atoms with Gasteiger partial charge >= 0.3 is 0 Å². The van der Waals surface area contributed by atoms with E-state index in [0.717, 1.165) is 0 Å². The molecule has 2 rings (SSSR count). The van der Waals surface area contributed by atoms with Gasteiger partial charge in [-0.1, -0.05) is 19.8 Å². The molecule has 0 aromatic heterocycles. The molecule has 2 fully saturated rings. The maximum Gasteiger partial charge on any atom is 0.223 e. The van der Waals surface area contributed by atoms with Gasteiger partial charge in [0.15, 0.2) is 0 Å². The summed E-state index contributed by atoms with van der Waals surface area (Å²) >= 11 is 0. The Bertz CT molecular complexity index is 178. The molecular weight excluding hydrogens is 138 g/mol. The predicted molar refractivity (Wildman–Crippen MR) is 43.1 cm³/mol. The van der Waals surface area contributed by atoms with E-state index in [1.165, 1.54) is 25.7 Å². The van der Waals surface area contributed by atoms with Crippen molar-refractivity contribution in [2.45, 2.75) is 38.6 Å². The summed E-state index contributed by atoms with van der Waals surface area (Å²) in [5.41, 5.74) is 0. The van der Waals surface area contributed by atoms with Crippen LogP contribution in [-0.4, -0.2) is 11.9 Å². The van der Waals surface area contributed by atoms with Gasteiger partial charge in [-0.15, -0.1) is 0 Å². The molecular formula is C9H15NO. The summed E-state index contributed by atoms with van der Waals surface area (Å²) in [7, 11) is 0. The first-order chi connectivity index (χ1) is 5.29. The van der Waals surface area contributed by atoms with E-state index in [1.54, 1.807) is 0 Å². The van der Waals surface area contributed by atoms with Gasteiger partial charge < -0.3 is 5.32 Å². The molecule has 0 bridgehead atoms. The van der Waals surface area contributed by atoms with Gasteiger partial charge in [0.05, 0.1) is 0 Å². The molecule has 3 atom stereocenters. The third-order valence-corrected chi connectivity index (χ3v) is 3.20. The van der Waals surface area contributed by atoms with Gasteiger partial charge in [-0.3, -0.25) is 4.79 Å². The van der Waals surface area contributed by atoms with Crippen molar-refractivity contribution in [1.82, 2.24) is 5.32 Å². The van der Waals surface area contributed by atoms with Crippen molar-refractivity contribution in [3.8, 4) is 0 Å². The van der Waals surface area contributed by atoms with E-state index in [2.05, 4.69) is 12.2 Å². The Morgan fingerprint density at radius 1 is 1.36 bits per heavy atom. The van der Waals surface area contributed by atoms with Gasteiger partial charge in [0.2, 0.25) is 5.91 Å². The van der Waals surface area contributed by atoms with Crippen molar-refractivity contribution in [1.29, 1.82) is 0 Å². The number of nitrogens with one attached hydrogen (secondary N) is 1.